The summed E-state index contributed by atoms with van der Waals surface area (Å²) in [7, 11) is 0. The number of carbonyl (C=O) groups excluding carboxylic acids is 2. The molecule has 2 aliphatic rings. The highest BCUT2D eigenvalue weighted by Crippen LogP contribution is 2.40. The van der Waals surface area contributed by atoms with Crippen molar-refractivity contribution in [2.45, 2.75) is 50.4 Å². The van der Waals surface area contributed by atoms with Crippen LogP contribution in [0.1, 0.15) is 43.5 Å². The number of nitrogens with one attached hydrogen (secondary N) is 1. The molecule has 0 aliphatic carbocycles. The van der Waals surface area contributed by atoms with E-state index in [0.29, 0.717) is 44.5 Å². The molecule has 0 radical (unpaired) electrons. The van der Waals surface area contributed by atoms with Crippen LogP contribution in [0.5, 0.6) is 0 Å². The molecule has 6 heteroatoms. The summed E-state index contributed by atoms with van der Waals surface area (Å²) in [6.07, 6.45) is 0.818. The molecular formula is C23H28N2O4. The third-order valence-electron chi connectivity index (χ3n) is 6.58. The van der Waals surface area contributed by atoms with Crippen molar-refractivity contribution in [3.05, 3.63) is 48.0 Å². The molecule has 2 aromatic carbocycles. The normalized spacial score (nSPS) is 26.4. The highest BCUT2D eigenvalue weighted by Gasteiger charge is 2.54. The van der Waals surface area contributed by atoms with Crippen LogP contribution in [0.15, 0.2) is 42.5 Å². The Morgan fingerprint density at radius 1 is 1.10 bits per heavy atom. The number of fused-ring (bicyclic) bond motifs is 1. The van der Waals surface area contributed by atoms with Gasteiger partial charge in [0.2, 0.25) is 5.91 Å². The number of hydrogen-bond donors (Lipinski definition) is 2. The average Bonchev–Trinajstić information content (AvgIpc) is 2.72. The maximum Gasteiger partial charge on any atom is 0.251 e. The number of benzene rings is 2. The first-order chi connectivity index (χ1) is 13.8. The minimum Gasteiger partial charge on any atom is -0.388 e. The highest BCUT2D eigenvalue weighted by molar-refractivity contribution is 5.99. The number of amides is 2. The Bertz CT molecular complexity index is 935. The number of aliphatic hydroxyl groups excluding tert-OH is 1. The molecular weight excluding hydrogens is 368 g/mol. The zero-order chi connectivity index (χ0) is 20.6. The molecule has 0 aromatic heterocycles. The summed E-state index contributed by atoms with van der Waals surface area (Å²) in [4.78, 5) is 26.4. The van der Waals surface area contributed by atoms with E-state index in [1.54, 1.807) is 11.8 Å². The number of hydrogen-bond acceptors (Lipinski definition) is 4. The fraction of sp³-hybridized carbons (Fsp3) is 0.478. The Labute approximate surface area is 170 Å². The predicted octanol–water partition coefficient (Wildman–Crippen LogP) is 2.49. The van der Waals surface area contributed by atoms with Crippen molar-refractivity contribution >= 4 is 22.6 Å². The van der Waals surface area contributed by atoms with Crippen LogP contribution in [0.4, 0.5) is 0 Å². The molecule has 2 N–H and O–H groups in total. The second-order valence-corrected chi connectivity index (χ2v) is 8.51. The van der Waals surface area contributed by atoms with Crippen molar-refractivity contribution in [1.29, 1.82) is 0 Å². The van der Waals surface area contributed by atoms with E-state index < -0.39 is 17.2 Å². The number of ether oxygens (including phenoxy) is 1. The lowest BCUT2D eigenvalue weighted by Crippen LogP contribution is -2.69. The molecule has 2 aliphatic heterocycles. The van der Waals surface area contributed by atoms with E-state index in [-0.39, 0.29) is 11.8 Å². The van der Waals surface area contributed by atoms with Gasteiger partial charge >= 0.3 is 0 Å². The summed E-state index contributed by atoms with van der Waals surface area (Å²) in [6, 6.07) is 13.5. The second-order valence-electron chi connectivity index (χ2n) is 8.51. The van der Waals surface area contributed by atoms with Crippen molar-refractivity contribution in [3.63, 3.8) is 0 Å². The van der Waals surface area contributed by atoms with Crippen molar-refractivity contribution in [1.82, 2.24) is 10.2 Å². The molecule has 2 saturated heterocycles. The SMILES string of the molecule is CC(=O)N1CCC2(CC1)OCC[C@](C)(NC(=O)c1ccc3ccccc3c1)[C@H]2O. The molecule has 2 amide bonds. The molecule has 2 fully saturated rings. The Morgan fingerprint density at radius 3 is 2.48 bits per heavy atom. The first kappa shape index (κ1) is 19.9. The fourth-order valence-electron chi connectivity index (χ4n) is 4.67. The van der Waals surface area contributed by atoms with E-state index in [0.717, 1.165) is 10.8 Å². The highest BCUT2D eigenvalue weighted by atomic mass is 16.5. The smallest absolute Gasteiger partial charge is 0.251 e. The number of aliphatic hydroxyl groups is 1. The quantitative estimate of drug-likeness (QED) is 0.818. The Kier molecular flexibility index (Phi) is 5.09. The van der Waals surface area contributed by atoms with Gasteiger partial charge in [0.25, 0.3) is 5.91 Å². The van der Waals surface area contributed by atoms with Crippen LogP contribution in [-0.4, -0.2) is 58.8 Å². The first-order valence-electron chi connectivity index (χ1n) is 10.2. The van der Waals surface area contributed by atoms with E-state index in [1.807, 2.05) is 49.4 Å². The van der Waals surface area contributed by atoms with Crippen LogP contribution in [0.25, 0.3) is 10.8 Å². The fourth-order valence-corrected chi connectivity index (χ4v) is 4.67. The average molecular weight is 396 g/mol. The van der Waals surface area contributed by atoms with Gasteiger partial charge in [0.1, 0.15) is 6.10 Å². The standard InChI is InChI=1S/C23H28N2O4/c1-16(26)25-12-9-23(10-13-25)21(28)22(2,11-14-29-23)24-20(27)19-8-7-17-5-3-4-6-18(17)15-19/h3-8,15,21,28H,9-14H2,1-2H3,(H,24,27)/t21-,22+/m1/s1. The lowest BCUT2D eigenvalue weighted by molar-refractivity contribution is -0.205. The molecule has 1 spiro atoms. The molecule has 0 saturated carbocycles. The van der Waals surface area contributed by atoms with E-state index in [4.69, 9.17) is 4.74 Å². The monoisotopic (exact) mass is 396 g/mol. The van der Waals surface area contributed by atoms with Crippen LogP contribution >= 0.6 is 0 Å². The maximum atomic E-state index is 13.0. The van der Waals surface area contributed by atoms with Gasteiger partial charge in [0, 0.05) is 32.2 Å². The van der Waals surface area contributed by atoms with Crippen molar-refractivity contribution in [3.8, 4) is 0 Å². The summed E-state index contributed by atoms with van der Waals surface area (Å²) < 4.78 is 6.05. The summed E-state index contributed by atoms with van der Waals surface area (Å²) in [5, 5.41) is 16.4. The van der Waals surface area contributed by atoms with E-state index in [1.165, 1.54) is 0 Å². The van der Waals surface area contributed by atoms with Crippen LogP contribution in [-0.2, 0) is 9.53 Å². The molecule has 6 nitrogen and oxygen atoms in total. The summed E-state index contributed by atoms with van der Waals surface area (Å²) in [6.45, 7) is 5.02. The molecule has 154 valence electrons. The summed E-state index contributed by atoms with van der Waals surface area (Å²) >= 11 is 0. The van der Waals surface area contributed by atoms with Gasteiger partial charge < -0.3 is 20.1 Å². The number of likely N-dealkylation sites (tertiary alicyclic amines) is 1. The third-order valence-corrected chi connectivity index (χ3v) is 6.58. The first-order valence-corrected chi connectivity index (χ1v) is 10.2. The molecule has 2 atom stereocenters. The third kappa shape index (κ3) is 3.63. The van der Waals surface area contributed by atoms with Gasteiger partial charge in [-0.3, -0.25) is 9.59 Å². The van der Waals surface area contributed by atoms with Gasteiger partial charge in [-0.2, -0.15) is 0 Å². The minimum absolute atomic E-state index is 0.0394. The van der Waals surface area contributed by atoms with Gasteiger partial charge in [-0.25, -0.2) is 0 Å². The second kappa shape index (κ2) is 7.43. The number of carbonyl (C=O) groups is 2. The molecule has 29 heavy (non-hydrogen) atoms. The molecule has 4 rings (SSSR count). The van der Waals surface area contributed by atoms with Crippen LogP contribution in [0.3, 0.4) is 0 Å². The van der Waals surface area contributed by atoms with Crippen molar-refractivity contribution < 1.29 is 19.4 Å². The predicted molar refractivity (Wildman–Crippen MR) is 111 cm³/mol. The summed E-state index contributed by atoms with van der Waals surface area (Å²) in [5.41, 5.74) is -0.946. The Morgan fingerprint density at radius 2 is 1.79 bits per heavy atom. The molecule has 0 unspecified atom stereocenters. The van der Waals surface area contributed by atoms with E-state index >= 15 is 0 Å². The number of nitrogens with zero attached hydrogens (tertiary/aromatic N) is 1. The lowest BCUT2D eigenvalue weighted by Gasteiger charge is -2.53. The molecule has 2 heterocycles. The Hall–Kier alpha value is -2.44. The van der Waals surface area contributed by atoms with Gasteiger partial charge in [-0.1, -0.05) is 30.3 Å². The van der Waals surface area contributed by atoms with Gasteiger partial charge in [-0.05, 0) is 49.1 Å². The minimum atomic E-state index is -0.845. The maximum absolute atomic E-state index is 13.0. The van der Waals surface area contributed by atoms with Crippen LogP contribution in [0, 0.1) is 0 Å². The van der Waals surface area contributed by atoms with Gasteiger partial charge in [-0.15, -0.1) is 0 Å². The summed E-state index contributed by atoms with van der Waals surface area (Å²) in [5.74, 6) is -0.159. The topological polar surface area (TPSA) is 78.9 Å². The van der Waals surface area contributed by atoms with Crippen molar-refractivity contribution in [2.24, 2.45) is 0 Å². The largest absolute Gasteiger partial charge is 0.388 e. The number of rotatable bonds is 2. The van der Waals surface area contributed by atoms with E-state index in [9.17, 15) is 14.7 Å². The van der Waals surface area contributed by atoms with Crippen molar-refractivity contribution in [2.75, 3.05) is 19.7 Å². The molecule has 0 bridgehead atoms. The Balaban J connectivity index is 1.52. The molecule has 2 aromatic rings. The zero-order valence-electron chi connectivity index (χ0n) is 17.0. The van der Waals surface area contributed by atoms with Gasteiger partial charge in [0.05, 0.1) is 11.1 Å². The van der Waals surface area contributed by atoms with Crippen LogP contribution in [0.2, 0.25) is 0 Å². The van der Waals surface area contributed by atoms with Gasteiger partial charge in [0.15, 0.2) is 0 Å². The van der Waals surface area contributed by atoms with Crippen LogP contribution < -0.4 is 5.32 Å². The lowest BCUT2D eigenvalue weighted by atomic mass is 9.73. The number of piperidine rings is 1. The zero-order valence-corrected chi connectivity index (χ0v) is 17.0. The van der Waals surface area contributed by atoms with E-state index in [2.05, 4.69) is 5.32 Å².